The summed E-state index contributed by atoms with van der Waals surface area (Å²) in [7, 11) is -3.47. The molecule has 0 radical (unpaired) electrons. The van der Waals surface area contributed by atoms with Crippen LogP contribution in [0.1, 0.15) is 51.4 Å². The first-order valence-electron chi connectivity index (χ1n) is 9.92. The highest BCUT2D eigenvalue weighted by atomic mass is 32.2. The third kappa shape index (κ3) is 3.67. The minimum atomic E-state index is -3.47. The molecule has 1 amide bonds. The highest BCUT2D eigenvalue weighted by Gasteiger charge is 2.40. The number of nitrogens with zero attached hydrogens (tertiary/aromatic N) is 1. The number of fused-ring (bicyclic) bond motifs is 2. The molecule has 5 nitrogen and oxygen atoms in total. The van der Waals surface area contributed by atoms with Crippen molar-refractivity contribution < 1.29 is 13.2 Å². The fourth-order valence-corrected chi connectivity index (χ4v) is 6.63. The summed E-state index contributed by atoms with van der Waals surface area (Å²) in [5.74, 6) is 2.07. The first-order valence-corrected chi connectivity index (χ1v) is 11.4. The Morgan fingerprint density at radius 3 is 2.62 bits per heavy atom. The van der Waals surface area contributed by atoms with Crippen LogP contribution in [0.3, 0.4) is 0 Å². The van der Waals surface area contributed by atoms with Crippen LogP contribution in [0.4, 0.5) is 5.69 Å². The Bertz CT molecular complexity index is 771. The molecule has 0 unspecified atom stereocenters. The van der Waals surface area contributed by atoms with Crippen LogP contribution in [0.5, 0.6) is 0 Å². The van der Waals surface area contributed by atoms with E-state index in [0.717, 1.165) is 31.1 Å². The molecule has 26 heavy (non-hydrogen) atoms. The van der Waals surface area contributed by atoms with E-state index in [4.69, 9.17) is 0 Å². The second-order valence-corrected chi connectivity index (χ2v) is 10.1. The van der Waals surface area contributed by atoms with Gasteiger partial charge < -0.3 is 5.32 Å². The zero-order chi connectivity index (χ0) is 18.1. The number of sulfonamides is 1. The first-order chi connectivity index (χ1) is 12.5. The SMILES string of the molecule is O=C(C[C@H]1C[C@H]2CC[C@H]1C2)Nc1cccc(S(=O)(=O)N2CCCCC2)c1. The molecule has 3 fully saturated rings. The predicted molar refractivity (Wildman–Crippen MR) is 101 cm³/mol. The lowest BCUT2D eigenvalue weighted by Crippen LogP contribution is -2.35. The number of carbonyl (C=O) groups excluding carboxylic acids is 1. The van der Waals surface area contributed by atoms with Crippen LogP contribution in [-0.4, -0.2) is 31.7 Å². The molecule has 1 N–H and O–H groups in total. The molecular weight excluding hydrogens is 348 g/mol. The van der Waals surface area contributed by atoms with Crippen molar-refractivity contribution in [2.24, 2.45) is 17.8 Å². The van der Waals surface area contributed by atoms with E-state index in [1.165, 1.54) is 25.7 Å². The largest absolute Gasteiger partial charge is 0.326 e. The number of rotatable bonds is 5. The summed E-state index contributed by atoms with van der Waals surface area (Å²) in [4.78, 5) is 12.7. The van der Waals surface area contributed by atoms with Gasteiger partial charge in [0, 0.05) is 25.2 Å². The average molecular weight is 377 g/mol. The van der Waals surface area contributed by atoms with E-state index in [9.17, 15) is 13.2 Å². The Morgan fingerprint density at radius 1 is 1.12 bits per heavy atom. The number of anilines is 1. The summed E-state index contributed by atoms with van der Waals surface area (Å²) in [6, 6.07) is 6.70. The lowest BCUT2D eigenvalue weighted by atomic mass is 9.86. The zero-order valence-electron chi connectivity index (χ0n) is 15.2. The number of nitrogens with one attached hydrogen (secondary N) is 1. The first kappa shape index (κ1) is 18.0. The maximum absolute atomic E-state index is 12.8. The predicted octanol–water partition coefficient (Wildman–Crippen LogP) is 3.63. The van der Waals surface area contributed by atoms with Crippen molar-refractivity contribution in [3.63, 3.8) is 0 Å². The third-order valence-electron chi connectivity index (χ3n) is 6.40. The maximum Gasteiger partial charge on any atom is 0.243 e. The Kier molecular flexibility index (Phi) is 5.06. The monoisotopic (exact) mass is 376 g/mol. The molecule has 1 heterocycles. The van der Waals surface area contributed by atoms with Gasteiger partial charge in [-0.2, -0.15) is 4.31 Å². The average Bonchev–Trinajstić information content (AvgIpc) is 3.25. The summed E-state index contributed by atoms with van der Waals surface area (Å²) >= 11 is 0. The Hall–Kier alpha value is -1.40. The summed E-state index contributed by atoms with van der Waals surface area (Å²) in [5, 5.41) is 2.92. The minimum Gasteiger partial charge on any atom is -0.326 e. The minimum absolute atomic E-state index is 0.00932. The summed E-state index contributed by atoms with van der Waals surface area (Å²) < 4.78 is 27.2. The number of amides is 1. The van der Waals surface area contributed by atoms with Crippen molar-refractivity contribution in [1.29, 1.82) is 0 Å². The molecule has 1 aromatic carbocycles. The van der Waals surface area contributed by atoms with E-state index in [1.807, 2.05) is 0 Å². The summed E-state index contributed by atoms with van der Waals surface area (Å²) in [5.41, 5.74) is 0.580. The van der Waals surface area contributed by atoms with Gasteiger partial charge in [-0.3, -0.25) is 4.79 Å². The van der Waals surface area contributed by atoms with E-state index in [1.54, 1.807) is 28.6 Å². The van der Waals surface area contributed by atoms with Gasteiger partial charge in [0.15, 0.2) is 0 Å². The zero-order valence-corrected chi connectivity index (χ0v) is 16.0. The molecule has 0 aromatic heterocycles. The quantitative estimate of drug-likeness (QED) is 0.853. The van der Waals surface area contributed by atoms with Gasteiger partial charge in [0.25, 0.3) is 0 Å². The van der Waals surface area contributed by atoms with Crippen LogP contribution in [-0.2, 0) is 14.8 Å². The van der Waals surface area contributed by atoms with Crippen LogP contribution >= 0.6 is 0 Å². The lowest BCUT2D eigenvalue weighted by molar-refractivity contribution is -0.117. The molecule has 1 aromatic rings. The Balaban J connectivity index is 1.41. The number of carbonyl (C=O) groups is 1. The third-order valence-corrected chi connectivity index (χ3v) is 8.30. The second kappa shape index (κ2) is 7.31. The van der Waals surface area contributed by atoms with E-state index >= 15 is 0 Å². The molecule has 0 spiro atoms. The molecule has 2 aliphatic carbocycles. The van der Waals surface area contributed by atoms with Crippen molar-refractivity contribution in [1.82, 2.24) is 4.31 Å². The van der Waals surface area contributed by atoms with E-state index < -0.39 is 10.0 Å². The van der Waals surface area contributed by atoms with Gasteiger partial charge in [-0.25, -0.2) is 8.42 Å². The van der Waals surface area contributed by atoms with Gasteiger partial charge >= 0.3 is 0 Å². The van der Waals surface area contributed by atoms with Gasteiger partial charge in [0.1, 0.15) is 0 Å². The van der Waals surface area contributed by atoms with E-state index in [-0.39, 0.29) is 10.8 Å². The number of hydrogen-bond acceptors (Lipinski definition) is 3. The highest BCUT2D eigenvalue weighted by Crippen LogP contribution is 2.49. The van der Waals surface area contributed by atoms with Gasteiger partial charge in [0.05, 0.1) is 4.90 Å². The Labute approximate surface area is 156 Å². The van der Waals surface area contributed by atoms with Gasteiger partial charge in [-0.15, -0.1) is 0 Å². The van der Waals surface area contributed by atoms with Crippen LogP contribution in [0.25, 0.3) is 0 Å². The molecule has 2 bridgehead atoms. The molecule has 3 atom stereocenters. The van der Waals surface area contributed by atoms with Crippen molar-refractivity contribution in [3.8, 4) is 0 Å². The highest BCUT2D eigenvalue weighted by molar-refractivity contribution is 7.89. The van der Waals surface area contributed by atoms with Crippen molar-refractivity contribution in [2.45, 2.75) is 56.3 Å². The molecule has 4 rings (SSSR count). The normalized spacial score (nSPS) is 29.0. The lowest BCUT2D eigenvalue weighted by Gasteiger charge is -2.26. The van der Waals surface area contributed by atoms with Crippen LogP contribution in [0, 0.1) is 17.8 Å². The maximum atomic E-state index is 12.8. The van der Waals surface area contributed by atoms with Crippen LogP contribution in [0.15, 0.2) is 29.2 Å². The Morgan fingerprint density at radius 2 is 1.92 bits per heavy atom. The van der Waals surface area contributed by atoms with Crippen molar-refractivity contribution in [3.05, 3.63) is 24.3 Å². The van der Waals surface area contributed by atoms with E-state index in [2.05, 4.69) is 5.32 Å². The van der Waals surface area contributed by atoms with Crippen molar-refractivity contribution in [2.75, 3.05) is 18.4 Å². The fraction of sp³-hybridized carbons (Fsp3) is 0.650. The smallest absolute Gasteiger partial charge is 0.243 e. The molecule has 2 saturated carbocycles. The molecule has 1 aliphatic heterocycles. The van der Waals surface area contributed by atoms with Gasteiger partial charge in [0.2, 0.25) is 15.9 Å². The van der Waals surface area contributed by atoms with E-state index in [0.29, 0.717) is 31.1 Å². The molecule has 3 aliphatic rings. The summed E-state index contributed by atoms with van der Waals surface area (Å²) in [6.45, 7) is 1.17. The molecular formula is C20H28N2O3S. The van der Waals surface area contributed by atoms with Crippen LogP contribution in [0.2, 0.25) is 0 Å². The van der Waals surface area contributed by atoms with Crippen molar-refractivity contribution >= 4 is 21.6 Å². The molecule has 1 saturated heterocycles. The van der Waals surface area contributed by atoms with Gasteiger partial charge in [-0.05, 0) is 68.1 Å². The fourth-order valence-electron chi connectivity index (χ4n) is 5.07. The summed E-state index contributed by atoms with van der Waals surface area (Å²) in [6.07, 6.45) is 8.56. The molecule has 6 heteroatoms. The molecule has 142 valence electrons. The number of piperidine rings is 1. The van der Waals surface area contributed by atoms with Gasteiger partial charge in [-0.1, -0.05) is 18.9 Å². The van der Waals surface area contributed by atoms with Crippen LogP contribution < -0.4 is 5.32 Å². The topological polar surface area (TPSA) is 66.5 Å². The second-order valence-electron chi connectivity index (χ2n) is 8.18. The number of benzene rings is 1. The standard InChI is InChI=1S/C20H28N2O3S/c23-20(13-17-12-15-7-8-16(17)11-15)21-18-5-4-6-19(14-18)26(24,25)22-9-2-1-3-10-22/h4-6,14-17H,1-3,7-13H2,(H,21,23)/t15-,16-,17+/m0/s1. The number of hydrogen-bond donors (Lipinski definition) is 1.